The molecule has 2 aromatic carbocycles. The minimum atomic E-state index is -0.437. The highest BCUT2D eigenvalue weighted by Gasteiger charge is 2.22. The number of hydrogen-bond acceptors (Lipinski definition) is 6. The van der Waals surface area contributed by atoms with E-state index in [-0.39, 0.29) is 23.6 Å². The number of thioether (sulfide) groups is 1. The van der Waals surface area contributed by atoms with Crippen molar-refractivity contribution < 1.29 is 9.72 Å². The first kappa shape index (κ1) is 21.5. The molecule has 0 saturated carbocycles. The Morgan fingerprint density at radius 1 is 1.10 bits per heavy atom. The average molecular weight is 426 g/mol. The fourth-order valence-corrected chi connectivity index (χ4v) is 3.70. The first-order valence-corrected chi connectivity index (χ1v) is 10.5. The van der Waals surface area contributed by atoms with E-state index in [1.54, 1.807) is 12.1 Å². The van der Waals surface area contributed by atoms with Crippen LogP contribution in [0.5, 0.6) is 0 Å². The van der Waals surface area contributed by atoms with Gasteiger partial charge in [0.25, 0.3) is 5.69 Å². The molecule has 1 unspecified atom stereocenters. The van der Waals surface area contributed by atoms with Crippen molar-refractivity contribution >= 4 is 23.4 Å². The van der Waals surface area contributed by atoms with Crippen molar-refractivity contribution in [2.75, 3.05) is 0 Å². The van der Waals surface area contributed by atoms with Gasteiger partial charge in [-0.25, -0.2) is 0 Å². The summed E-state index contributed by atoms with van der Waals surface area (Å²) in [6.45, 7) is 5.49. The molecule has 1 aromatic heterocycles. The maximum atomic E-state index is 12.2. The highest BCUT2D eigenvalue weighted by Crippen LogP contribution is 2.28. The second-order valence-electron chi connectivity index (χ2n) is 7.11. The number of carbonyl (C=O) groups is 1. The monoisotopic (exact) mass is 425 g/mol. The molecule has 1 heterocycles. The first-order valence-electron chi connectivity index (χ1n) is 9.54. The van der Waals surface area contributed by atoms with Crippen molar-refractivity contribution in [3.63, 3.8) is 0 Å². The summed E-state index contributed by atoms with van der Waals surface area (Å²) in [6.07, 6.45) is 0. The summed E-state index contributed by atoms with van der Waals surface area (Å²) in [5.74, 6) is 1.02. The molecule has 3 aromatic rings. The third kappa shape index (κ3) is 5.04. The highest BCUT2D eigenvalue weighted by molar-refractivity contribution is 7.98. The summed E-state index contributed by atoms with van der Waals surface area (Å²) in [7, 11) is 0. The van der Waals surface area contributed by atoms with Crippen LogP contribution in [0.15, 0.2) is 59.8 Å². The van der Waals surface area contributed by atoms with E-state index in [4.69, 9.17) is 0 Å². The molecule has 3 rings (SSSR count). The lowest BCUT2D eigenvalue weighted by Gasteiger charge is -2.17. The fourth-order valence-electron chi connectivity index (χ4n) is 2.79. The predicted octanol–water partition coefficient (Wildman–Crippen LogP) is 4.30. The SMILES string of the molecule is CC(C)C(=O)NC(C)c1nnc(SCc2ccccc2)n1-c1ccc([N+](=O)[O-])cc1. The number of amides is 1. The Bertz CT molecular complexity index is 1020. The smallest absolute Gasteiger partial charge is 0.269 e. The van der Waals surface area contributed by atoms with Crippen molar-refractivity contribution in [1.82, 2.24) is 20.1 Å². The first-order chi connectivity index (χ1) is 14.4. The van der Waals surface area contributed by atoms with Crippen LogP contribution in [0, 0.1) is 16.0 Å². The molecule has 9 heteroatoms. The normalized spacial score (nSPS) is 12.0. The summed E-state index contributed by atoms with van der Waals surface area (Å²) in [5, 5.41) is 23.2. The lowest BCUT2D eigenvalue weighted by Crippen LogP contribution is -2.31. The highest BCUT2D eigenvalue weighted by atomic mass is 32.2. The maximum Gasteiger partial charge on any atom is 0.269 e. The molecule has 0 radical (unpaired) electrons. The Morgan fingerprint density at radius 3 is 2.37 bits per heavy atom. The fraction of sp³-hybridized carbons (Fsp3) is 0.286. The number of nitro benzene ring substituents is 1. The van der Waals surface area contributed by atoms with Gasteiger partial charge in [0.05, 0.1) is 11.0 Å². The third-order valence-corrected chi connectivity index (χ3v) is 5.46. The van der Waals surface area contributed by atoms with E-state index in [9.17, 15) is 14.9 Å². The van der Waals surface area contributed by atoms with Crippen LogP contribution >= 0.6 is 11.8 Å². The van der Waals surface area contributed by atoms with Crippen LogP contribution in [-0.4, -0.2) is 25.6 Å². The van der Waals surface area contributed by atoms with Gasteiger partial charge in [0.1, 0.15) is 0 Å². The average Bonchev–Trinajstić information content (AvgIpc) is 3.17. The zero-order valence-electron chi connectivity index (χ0n) is 17.0. The zero-order chi connectivity index (χ0) is 21.7. The van der Waals surface area contributed by atoms with Crippen molar-refractivity contribution in [1.29, 1.82) is 0 Å². The van der Waals surface area contributed by atoms with E-state index in [1.165, 1.54) is 23.9 Å². The minimum Gasteiger partial charge on any atom is -0.346 e. The van der Waals surface area contributed by atoms with Crippen molar-refractivity contribution in [3.8, 4) is 5.69 Å². The summed E-state index contributed by atoms with van der Waals surface area (Å²) >= 11 is 1.51. The van der Waals surface area contributed by atoms with E-state index in [0.717, 1.165) is 5.56 Å². The molecule has 0 bridgehead atoms. The number of nitrogens with one attached hydrogen (secondary N) is 1. The number of benzene rings is 2. The Morgan fingerprint density at radius 2 is 1.77 bits per heavy atom. The zero-order valence-corrected chi connectivity index (χ0v) is 17.8. The van der Waals surface area contributed by atoms with Crippen LogP contribution in [0.2, 0.25) is 0 Å². The molecule has 1 atom stereocenters. The molecule has 156 valence electrons. The number of hydrogen-bond donors (Lipinski definition) is 1. The van der Waals surface area contributed by atoms with Gasteiger partial charge in [-0.05, 0) is 24.6 Å². The van der Waals surface area contributed by atoms with Crippen molar-refractivity contribution in [2.45, 2.75) is 37.7 Å². The largest absolute Gasteiger partial charge is 0.346 e. The van der Waals surface area contributed by atoms with E-state index >= 15 is 0 Å². The molecule has 1 N–H and O–H groups in total. The molecular formula is C21H23N5O3S. The van der Waals surface area contributed by atoms with E-state index in [1.807, 2.05) is 55.7 Å². The Hall–Kier alpha value is -3.20. The number of aromatic nitrogens is 3. The summed E-state index contributed by atoms with van der Waals surface area (Å²) in [6, 6.07) is 15.8. The van der Waals surface area contributed by atoms with E-state index in [2.05, 4.69) is 15.5 Å². The number of carbonyl (C=O) groups excluding carboxylic acids is 1. The van der Waals surface area contributed by atoms with Crippen molar-refractivity contribution in [3.05, 3.63) is 76.1 Å². The Balaban J connectivity index is 1.94. The molecule has 0 aliphatic heterocycles. The lowest BCUT2D eigenvalue weighted by atomic mass is 10.2. The summed E-state index contributed by atoms with van der Waals surface area (Å²) < 4.78 is 1.84. The molecule has 8 nitrogen and oxygen atoms in total. The molecule has 1 amide bonds. The maximum absolute atomic E-state index is 12.2. The summed E-state index contributed by atoms with van der Waals surface area (Å²) in [4.78, 5) is 22.7. The molecule has 0 fully saturated rings. The number of nitrogens with zero attached hydrogens (tertiary/aromatic N) is 4. The van der Waals surface area contributed by atoms with Gasteiger partial charge in [0.2, 0.25) is 5.91 Å². The van der Waals surface area contributed by atoms with E-state index in [0.29, 0.717) is 22.4 Å². The van der Waals surface area contributed by atoms with Gasteiger partial charge < -0.3 is 5.32 Å². The quantitative estimate of drug-likeness (QED) is 0.328. The van der Waals surface area contributed by atoms with Crippen LogP contribution in [0.25, 0.3) is 5.69 Å². The van der Waals surface area contributed by atoms with Gasteiger partial charge in [-0.1, -0.05) is 55.9 Å². The van der Waals surface area contributed by atoms with Crippen LogP contribution in [-0.2, 0) is 10.5 Å². The van der Waals surface area contributed by atoms with Gasteiger partial charge in [0.15, 0.2) is 11.0 Å². The van der Waals surface area contributed by atoms with Gasteiger partial charge in [-0.3, -0.25) is 19.5 Å². The molecular weight excluding hydrogens is 402 g/mol. The van der Waals surface area contributed by atoms with Gasteiger partial charge >= 0.3 is 0 Å². The second kappa shape index (κ2) is 9.53. The Labute approximate surface area is 178 Å². The standard InChI is InChI=1S/C21H23N5O3S/c1-14(2)20(27)22-15(3)19-23-24-21(30-13-16-7-5-4-6-8-16)25(19)17-9-11-18(12-10-17)26(28)29/h4-12,14-15H,13H2,1-3H3,(H,22,27). The number of rotatable bonds is 8. The molecule has 0 aliphatic carbocycles. The minimum absolute atomic E-state index is 0.00743. The van der Waals surface area contributed by atoms with Crippen LogP contribution in [0.4, 0.5) is 5.69 Å². The molecule has 0 saturated heterocycles. The molecule has 30 heavy (non-hydrogen) atoms. The second-order valence-corrected chi connectivity index (χ2v) is 8.05. The van der Waals surface area contributed by atoms with E-state index < -0.39 is 4.92 Å². The van der Waals surface area contributed by atoms with Crippen LogP contribution < -0.4 is 5.32 Å². The molecule has 0 spiro atoms. The lowest BCUT2D eigenvalue weighted by molar-refractivity contribution is -0.384. The number of non-ortho nitro benzene ring substituents is 1. The van der Waals surface area contributed by atoms with Gasteiger partial charge in [0, 0.05) is 29.5 Å². The topological polar surface area (TPSA) is 103 Å². The summed E-state index contributed by atoms with van der Waals surface area (Å²) in [5.41, 5.74) is 1.85. The number of nitro groups is 1. The van der Waals surface area contributed by atoms with Gasteiger partial charge in [-0.2, -0.15) is 0 Å². The Kier molecular flexibility index (Phi) is 6.83. The van der Waals surface area contributed by atoms with Crippen LogP contribution in [0.1, 0.15) is 38.2 Å². The van der Waals surface area contributed by atoms with Crippen LogP contribution in [0.3, 0.4) is 0 Å². The molecule has 0 aliphatic rings. The van der Waals surface area contributed by atoms with Crippen molar-refractivity contribution in [2.24, 2.45) is 5.92 Å². The van der Waals surface area contributed by atoms with Gasteiger partial charge in [-0.15, -0.1) is 10.2 Å². The predicted molar refractivity (Wildman–Crippen MR) is 115 cm³/mol. The third-order valence-electron chi connectivity index (χ3n) is 4.46.